The van der Waals surface area contributed by atoms with Gasteiger partial charge in [-0.25, -0.2) is 9.07 Å². The summed E-state index contributed by atoms with van der Waals surface area (Å²) in [5, 5.41) is 7.16. The van der Waals surface area contributed by atoms with Crippen LogP contribution in [-0.2, 0) is 18.0 Å². The van der Waals surface area contributed by atoms with Crippen molar-refractivity contribution in [1.29, 1.82) is 0 Å². The minimum Gasteiger partial charge on any atom is -0.372 e. The number of carbonyl (C=O) groups excluding carboxylic acids is 1. The van der Waals surface area contributed by atoms with Gasteiger partial charge < -0.3 is 15.8 Å². The normalized spacial score (nSPS) is 11.8. The van der Waals surface area contributed by atoms with Crippen LogP contribution in [0.1, 0.15) is 39.0 Å². The Morgan fingerprint density at radius 1 is 1.03 bits per heavy atom. The molecule has 1 atom stereocenters. The zero-order valence-corrected chi connectivity index (χ0v) is 18.2. The summed E-state index contributed by atoms with van der Waals surface area (Å²) in [7, 11) is 1.65. The lowest BCUT2D eigenvalue weighted by atomic mass is 10.0. The minimum atomic E-state index is -0.772. The Morgan fingerprint density at radius 2 is 1.79 bits per heavy atom. The van der Waals surface area contributed by atoms with Gasteiger partial charge in [0.2, 0.25) is 0 Å². The Hall–Kier alpha value is -3.81. The Balaban J connectivity index is 1.63. The summed E-state index contributed by atoms with van der Waals surface area (Å²) in [6.45, 7) is -0.423. The highest BCUT2D eigenvalue weighted by molar-refractivity contribution is 6.03. The fourth-order valence-electron chi connectivity index (χ4n) is 3.74. The number of aromatic nitrogens is 2. The second kappa shape index (κ2) is 10.2. The number of rotatable bonds is 8. The third-order valence-corrected chi connectivity index (χ3v) is 5.31. The highest BCUT2D eigenvalue weighted by atomic mass is 19.1. The Morgan fingerprint density at radius 3 is 2.52 bits per heavy atom. The fourth-order valence-corrected chi connectivity index (χ4v) is 3.74. The molecule has 0 fully saturated rings. The van der Waals surface area contributed by atoms with Crippen molar-refractivity contribution in [3.8, 4) is 5.69 Å². The van der Waals surface area contributed by atoms with Crippen molar-refractivity contribution in [1.82, 2.24) is 9.78 Å². The molecule has 0 radical (unpaired) electrons. The number of hydrogen-bond acceptors (Lipinski definition) is 4. The summed E-state index contributed by atoms with van der Waals surface area (Å²) >= 11 is 0. The van der Waals surface area contributed by atoms with Gasteiger partial charge in [0, 0.05) is 19.3 Å². The maximum Gasteiger partial charge on any atom is 0.274 e. The third-order valence-electron chi connectivity index (χ3n) is 5.31. The van der Waals surface area contributed by atoms with E-state index < -0.39 is 12.6 Å². The van der Waals surface area contributed by atoms with Crippen LogP contribution in [0.2, 0.25) is 0 Å². The van der Waals surface area contributed by atoms with Crippen molar-refractivity contribution in [2.24, 2.45) is 5.73 Å². The predicted molar refractivity (Wildman–Crippen MR) is 126 cm³/mol. The minimum absolute atomic E-state index is 0.176. The lowest BCUT2D eigenvalue weighted by Crippen LogP contribution is -2.17. The first-order valence-corrected chi connectivity index (χ1v) is 10.6. The predicted octanol–water partition coefficient (Wildman–Crippen LogP) is 4.79. The fraction of sp³-hybridized carbons (Fsp3) is 0.154. The molecule has 4 aromatic rings. The number of halogens is 1. The molecule has 3 aromatic carbocycles. The summed E-state index contributed by atoms with van der Waals surface area (Å²) in [4.78, 5) is 13.2. The quantitative estimate of drug-likeness (QED) is 0.409. The molecule has 6 nitrogen and oxygen atoms in total. The van der Waals surface area contributed by atoms with Gasteiger partial charge in [-0.3, -0.25) is 4.79 Å². The molecule has 1 heterocycles. The highest BCUT2D eigenvalue weighted by Gasteiger charge is 2.19. The monoisotopic (exact) mass is 444 g/mol. The SMILES string of the molecule is COC(c1ccccc1)c1cccc(NC(=O)c2cc(CF)nn2-c2cccc(CN)c2)c1. The molecule has 1 amide bonds. The van der Waals surface area contributed by atoms with E-state index in [4.69, 9.17) is 10.5 Å². The summed E-state index contributed by atoms with van der Waals surface area (Å²) in [6.07, 6.45) is -0.272. The zero-order valence-electron chi connectivity index (χ0n) is 18.2. The smallest absolute Gasteiger partial charge is 0.274 e. The van der Waals surface area contributed by atoms with Crippen LogP contribution in [0.4, 0.5) is 10.1 Å². The molecule has 0 aliphatic heterocycles. The Bertz CT molecular complexity index is 1240. The van der Waals surface area contributed by atoms with E-state index in [0.29, 0.717) is 17.9 Å². The molecular formula is C26H25FN4O2. The molecule has 1 unspecified atom stereocenters. The molecule has 0 aliphatic carbocycles. The summed E-state index contributed by atoms with van der Waals surface area (Å²) in [5.74, 6) is -0.397. The zero-order chi connectivity index (χ0) is 23.2. The number of methoxy groups -OCH3 is 1. The van der Waals surface area contributed by atoms with Crippen LogP contribution in [0.15, 0.2) is 84.9 Å². The van der Waals surface area contributed by atoms with Crippen LogP contribution in [-0.4, -0.2) is 22.8 Å². The van der Waals surface area contributed by atoms with Crippen LogP contribution >= 0.6 is 0 Å². The van der Waals surface area contributed by atoms with Crippen LogP contribution < -0.4 is 11.1 Å². The summed E-state index contributed by atoms with van der Waals surface area (Å²) in [6, 6.07) is 26.1. The number of alkyl halides is 1. The second-order valence-corrected chi connectivity index (χ2v) is 7.55. The van der Waals surface area contributed by atoms with Crippen molar-refractivity contribution in [3.63, 3.8) is 0 Å². The number of nitrogens with one attached hydrogen (secondary N) is 1. The topological polar surface area (TPSA) is 82.2 Å². The van der Waals surface area contributed by atoms with Gasteiger partial charge in [-0.15, -0.1) is 0 Å². The average Bonchev–Trinajstić information content (AvgIpc) is 3.30. The maximum atomic E-state index is 13.4. The Labute approximate surface area is 191 Å². The Kier molecular flexibility index (Phi) is 6.92. The van der Waals surface area contributed by atoms with E-state index in [1.54, 1.807) is 19.2 Å². The van der Waals surface area contributed by atoms with Gasteiger partial charge in [0.1, 0.15) is 18.5 Å². The van der Waals surface area contributed by atoms with Crippen molar-refractivity contribution >= 4 is 11.6 Å². The second-order valence-electron chi connectivity index (χ2n) is 7.55. The third kappa shape index (κ3) is 5.00. The molecule has 0 saturated carbocycles. The molecule has 33 heavy (non-hydrogen) atoms. The van der Waals surface area contributed by atoms with Crippen LogP contribution in [0.5, 0.6) is 0 Å². The first kappa shape index (κ1) is 22.4. The molecule has 0 saturated heterocycles. The molecule has 3 N–H and O–H groups in total. The number of amides is 1. The highest BCUT2D eigenvalue weighted by Crippen LogP contribution is 2.27. The van der Waals surface area contributed by atoms with E-state index in [2.05, 4.69) is 10.4 Å². The summed E-state index contributed by atoms with van der Waals surface area (Å²) in [5.41, 5.74) is 10.2. The molecule has 4 rings (SSSR count). The number of benzene rings is 3. The van der Waals surface area contributed by atoms with Gasteiger partial charge in [0.05, 0.1) is 11.4 Å². The van der Waals surface area contributed by atoms with E-state index >= 15 is 0 Å². The molecular weight excluding hydrogens is 419 g/mol. The molecule has 1 aromatic heterocycles. The van der Waals surface area contributed by atoms with Crippen LogP contribution in [0.3, 0.4) is 0 Å². The summed E-state index contributed by atoms with van der Waals surface area (Å²) < 4.78 is 20.5. The van der Waals surface area contributed by atoms with Crippen molar-refractivity contribution in [2.45, 2.75) is 19.3 Å². The first-order valence-electron chi connectivity index (χ1n) is 10.6. The van der Waals surface area contributed by atoms with Crippen LogP contribution in [0.25, 0.3) is 5.69 Å². The van der Waals surface area contributed by atoms with E-state index in [0.717, 1.165) is 16.7 Å². The standard InChI is InChI=1S/C26H25FN4O2/c1-33-25(19-8-3-2-4-9-19)20-10-6-11-21(14-20)29-26(32)24-15-22(16-27)30-31(24)23-12-5-7-18(13-23)17-28/h2-15,25H,16-17,28H2,1H3,(H,29,32). The number of anilines is 1. The number of nitrogens with two attached hydrogens (primary N) is 1. The number of ether oxygens (including phenoxy) is 1. The van der Waals surface area contributed by atoms with Crippen molar-refractivity contribution < 1.29 is 13.9 Å². The number of carbonyl (C=O) groups is 1. The van der Waals surface area contributed by atoms with Gasteiger partial charge >= 0.3 is 0 Å². The van der Waals surface area contributed by atoms with Crippen molar-refractivity contribution in [3.05, 3.63) is 113 Å². The molecule has 0 spiro atoms. The number of nitrogens with zero attached hydrogens (tertiary/aromatic N) is 2. The first-order chi connectivity index (χ1) is 16.1. The maximum absolute atomic E-state index is 13.4. The van der Waals surface area contributed by atoms with E-state index in [1.165, 1.54) is 10.7 Å². The van der Waals surface area contributed by atoms with E-state index in [9.17, 15) is 9.18 Å². The molecule has 0 aliphatic rings. The lowest BCUT2D eigenvalue weighted by molar-refractivity contribution is 0.101. The molecule has 168 valence electrons. The largest absolute Gasteiger partial charge is 0.372 e. The number of hydrogen-bond donors (Lipinski definition) is 2. The van der Waals surface area contributed by atoms with Gasteiger partial charge in [0.25, 0.3) is 5.91 Å². The average molecular weight is 445 g/mol. The van der Waals surface area contributed by atoms with Crippen molar-refractivity contribution in [2.75, 3.05) is 12.4 Å². The van der Waals surface area contributed by atoms with Gasteiger partial charge in [-0.05, 0) is 47.0 Å². The van der Waals surface area contributed by atoms with E-state index in [-0.39, 0.29) is 17.5 Å². The van der Waals surface area contributed by atoms with E-state index in [1.807, 2.05) is 66.7 Å². The molecule has 0 bridgehead atoms. The lowest BCUT2D eigenvalue weighted by Gasteiger charge is -2.17. The van der Waals surface area contributed by atoms with Gasteiger partial charge in [0.15, 0.2) is 0 Å². The van der Waals surface area contributed by atoms with Gasteiger partial charge in [-0.2, -0.15) is 5.10 Å². The van der Waals surface area contributed by atoms with Crippen LogP contribution in [0, 0.1) is 0 Å². The van der Waals surface area contributed by atoms with Gasteiger partial charge in [-0.1, -0.05) is 54.6 Å². The molecule has 7 heteroatoms.